The van der Waals surface area contributed by atoms with Gasteiger partial charge in [-0.25, -0.2) is 4.98 Å². The number of para-hydroxylation sites is 1. The highest BCUT2D eigenvalue weighted by atomic mass is 16.2. The minimum Gasteiger partial charge on any atom is -0.332 e. The molecule has 0 N–H and O–H groups in total. The molecule has 192 valence electrons. The lowest BCUT2D eigenvalue weighted by Crippen LogP contribution is -2.42. The minimum absolute atomic E-state index is 0.0715. The lowest BCUT2D eigenvalue weighted by molar-refractivity contribution is -0.139. The maximum Gasteiger partial charge on any atom is 0.266 e. The monoisotopic (exact) mass is 487 g/mol. The zero-order valence-corrected chi connectivity index (χ0v) is 22.6. The molecule has 3 aromatic rings. The average molecular weight is 488 g/mol. The molecule has 36 heavy (non-hydrogen) atoms. The number of hydrogen-bond acceptors (Lipinski definition) is 3. The van der Waals surface area contributed by atoms with Crippen LogP contribution in [-0.2, 0) is 4.79 Å². The summed E-state index contributed by atoms with van der Waals surface area (Å²) in [7, 11) is 0. The molecule has 1 heterocycles. The van der Waals surface area contributed by atoms with Crippen LogP contribution in [0.25, 0.3) is 16.6 Å². The molecule has 1 aliphatic rings. The van der Waals surface area contributed by atoms with Crippen LogP contribution in [0.4, 0.5) is 0 Å². The van der Waals surface area contributed by atoms with Crippen molar-refractivity contribution in [3.8, 4) is 5.69 Å². The zero-order valence-electron chi connectivity index (χ0n) is 22.6. The van der Waals surface area contributed by atoms with Crippen molar-refractivity contribution in [1.29, 1.82) is 0 Å². The van der Waals surface area contributed by atoms with Gasteiger partial charge in [0.1, 0.15) is 5.82 Å². The third-order valence-electron chi connectivity index (χ3n) is 7.80. The largest absolute Gasteiger partial charge is 0.332 e. The van der Waals surface area contributed by atoms with Gasteiger partial charge in [-0.05, 0) is 80.8 Å². The molecule has 0 aliphatic heterocycles. The van der Waals surface area contributed by atoms with Gasteiger partial charge < -0.3 is 4.90 Å². The Morgan fingerprint density at radius 2 is 1.78 bits per heavy atom. The number of fused-ring (bicyclic) bond motifs is 1. The van der Waals surface area contributed by atoms with Gasteiger partial charge >= 0.3 is 0 Å². The lowest BCUT2D eigenvalue weighted by Gasteiger charge is -2.36. The fraction of sp³-hybridized carbons (Fsp3) is 0.516. The smallest absolute Gasteiger partial charge is 0.266 e. The summed E-state index contributed by atoms with van der Waals surface area (Å²) in [5, 5.41) is 0.599. The summed E-state index contributed by atoms with van der Waals surface area (Å²) >= 11 is 0. The summed E-state index contributed by atoms with van der Waals surface area (Å²) in [6.45, 7) is 11.3. The quantitative estimate of drug-likeness (QED) is 0.347. The SMILES string of the molecule is CCC(c1nc2ccccc2c(=O)n1-c1ccc(C)c(C)c1)N(CCC(C)C)C(=O)C1CCCCC1. The first kappa shape index (κ1) is 26.1. The van der Waals surface area contributed by atoms with Crippen LogP contribution in [-0.4, -0.2) is 26.9 Å². The van der Waals surface area contributed by atoms with Gasteiger partial charge in [0.05, 0.1) is 22.6 Å². The molecule has 0 saturated heterocycles. The van der Waals surface area contributed by atoms with E-state index in [4.69, 9.17) is 4.98 Å². The molecule has 1 saturated carbocycles. The number of amides is 1. The molecule has 0 spiro atoms. The topological polar surface area (TPSA) is 55.2 Å². The van der Waals surface area contributed by atoms with Gasteiger partial charge in [-0.15, -0.1) is 0 Å². The Hall–Kier alpha value is -2.95. The second-order valence-electron chi connectivity index (χ2n) is 10.9. The Morgan fingerprint density at radius 3 is 2.44 bits per heavy atom. The van der Waals surface area contributed by atoms with Crippen LogP contribution in [0.2, 0.25) is 0 Å². The molecule has 1 aromatic heterocycles. The van der Waals surface area contributed by atoms with Crippen molar-refractivity contribution >= 4 is 16.8 Å². The summed E-state index contributed by atoms with van der Waals surface area (Å²) in [5.74, 6) is 1.45. The van der Waals surface area contributed by atoms with Gasteiger partial charge in [0, 0.05) is 12.5 Å². The molecule has 5 heteroatoms. The lowest BCUT2D eigenvalue weighted by atomic mass is 9.87. The van der Waals surface area contributed by atoms with Crippen molar-refractivity contribution in [3.05, 3.63) is 69.8 Å². The van der Waals surface area contributed by atoms with E-state index < -0.39 is 0 Å². The van der Waals surface area contributed by atoms with E-state index in [1.54, 1.807) is 4.57 Å². The molecule has 1 unspecified atom stereocenters. The van der Waals surface area contributed by atoms with Crippen molar-refractivity contribution in [1.82, 2.24) is 14.5 Å². The van der Waals surface area contributed by atoms with E-state index in [9.17, 15) is 9.59 Å². The fourth-order valence-electron chi connectivity index (χ4n) is 5.43. The van der Waals surface area contributed by atoms with Crippen LogP contribution in [0.15, 0.2) is 47.3 Å². The van der Waals surface area contributed by atoms with Crippen molar-refractivity contribution in [2.75, 3.05) is 6.54 Å². The van der Waals surface area contributed by atoms with Crippen molar-refractivity contribution in [2.45, 2.75) is 85.6 Å². The molecule has 1 fully saturated rings. The Labute approximate surface area is 215 Å². The summed E-state index contributed by atoms with van der Waals surface area (Å²) in [4.78, 5) is 35.1. The summed E-state index contributed by atoms with van der Waals surface area (Å²) < 4.78 is 1.76. The summed E-state index contributed by atoms with van der Waals surface area (Å²) in [5.41, 5.74) is 3.72. The van der Waals surface area contributed by atoms with Crippen LogP contribution in [0, 0.1) is 25.7 Å². The van der Waals surface area contributed by atoms with E-state index in [1.807, 2.05) is 30.3 Å². The standard InChI is InChI=1S/C31H41N3O2/c1-6-28(33(19-18-21(2)3)30(35)24-12-8-7-9-13-24)29-32-27-15-11-10-14-26(27)31(36)34(29)25-17-16-22(4)23(5)20-25/h10-11,14-17,20-21,24,28H,6-9,12-13,18-19H2,1-5H3. The predicted molar refractivity (Wildman–Crippen MR) is 148 cm³/mol. The summed E-state index contributed by atoms with van der Waals surface area (Å²) in [6.07, 6.45) is 7.00. The van der Waals surface area contributed by atoms with Gasteiger partial charge in [-0.2, -0.15) is 0 Å². The van der Waals surface area contributed by atoms with Crippen LogP contribution in [0.3, 0.4) is 0 Å². The average Bonchev–Trinajstić information content (AvgIpc) is 2.88. The molecule has 5 nitrogen and oxygen atoms in total. The van der Waals surface area contributed by atoms with Gasteiger partial charge in [-0.1, -0.05) is 58.2 Å². The molecule has 1 amide bonds. The van der Waals surface area contributed by atoms with Gasteiger partial charge in [0.15, 0.2) is 0 Å². The molecule has 1 atom stereocenters. The van der Waals surface area contributed by atoms with Gasteiger partial charge in [0.25, 0.3) is 5.56 Å². The van der Waals surface area contributed by atoms with Gasteiger partial charge in [0.2, 0.25) is 5.91 Å². The number of aryl methyl sites for hydroxylation is 2. The first-order valence-corrected chi connectivity index (χ1v) is 13.7. The minimum atomic E-state index is -0.267. The van der Waals surface area contributed by atoms with Gasteiger partial charge in [-0.3, -0.25) is 14.2 Å². The summed E-state index contributed by atoms with van der Waals surface area (Å²) in [6, 6.07) is 13.4. The second-order valence-corrected chi connectivity index (χ2v) is 10.9. The van der Waals surface area contributed by atoms with E-state index in [0.717, 1.165) is 43.4 Å². The number of aromatic nitrogens is 2. The molecule has 2 aromatic carbocycles. The van der Waals surface area contributed by atoms with Crippen LogP contribution in [0.5, 0.6) is 0 Å². The fourth-order valence-corrected chi connectivity index (χ4v) is 5.43. The second kappa shape index (κ2) is 11.4. The van der Waals surface area contributed by atoms with E-state index in [1.165, 1.54) is 12.0 Å². The first-order chi connectivity index (χ1) is 17.3. The third kappa shape index (κ3) is 5.40. The molecular weight excluding hydrogens is 446 g/mol. The molecule has 0 bridgehead atoms. The molecule has 4 rings (SSSR count). The number of hydrogen-bond donors (Lipinski definition) is 0. The first-order valence-electron chi connectivity index (χ1n) is 13.7. The number of benzene rings is 2. The Morgan fingerprint density at radius 1 is 1.06 bits per heavy atom. The van der Waals surface area contributed by atoms with E-state index >= 15 is 0 Å². The maximum absolute atomic E-state index is 14.0. The molecule has 0 radical (unpaired) electrons. The molecule has 1 aliphatic carbocycles. The third-order valence-corrected chi connectivity index (χ3v) is 7.80. The normalized spacial score (nSPS) is 15.4. The highest BCUT2D eigenvalue weighted by Crippen LogP contribution is 2.32. The number of carbonyl (C=O) groups is 1. The maximum atomic E-state index is 14.0. The molecular formula is C31H41N3O2. The number of nitrogens with zero attached hydrogens (tertiary/aromatic N) is 3. The predicted octanol–water partition coefficient (Wildman–Crippen LogP) is 6.91. The highest BCUT2D eigenvalue weighted by Gasteiger charge is 2.33. The van der Waals surface area contributed by atoms with E-state index in [-0.39, 0.29) is 23.4 Å². The van der Waals surface area contributed by atoms with Crippen molar-refractivity contribution < 1.29 is 4.79 Å². The van der Waals surface area contributed by atoms with E-state index in [0.29, 0.717) is 35.6 Å². The van der Waals surface area contributed by atoms with Crippen LogP contribution >= 0.6 is 0 Å². The Bertz CT molecular complexity index is 1270. The van der Waals surface area contributed by atoms with Crippen LogP contribution < -0.4 is 5.56 Å². The van der Waals surface area contributed by atoms with E-state index in [2.05, 4.69) is 51.7 Å². The van der Waals surface area contributed by atoms with Crippen molar-refractivity contribution in [3.63, 3.8) is 0 Å². The van der Waals surface area contributed by atoms with Crippen LogP contribution in [0.1, 0.15) is 88.7 Å². The highest BCUT2D eigenvalue weighted by molar-refractivity contribution is 5.80. The number of rotatable bonds is 8. The number of carbonyl (C=O) groups excluding carboxylic acids is 1. The Balaban J connectivity index is 1.90. The Kier molecular flexibility index (Phi) is 8.28. The zero-order chi connectivity index (χ0) is 25.8. The van der Waals surface area contributed by atoms with Crippen molar-refractivity contribution in [2.24, 2.45) is 11.8 Å².